The van der Waals surface area contributed by atoms with Crippen LogP contribution in [0.3, 0.4) is 0 Å². The van der Waals surface area contributed by atoms with Crippen molar-refractivity contribution in [1.29, 1.82) is 0 Å². The zero-order valence-electron chi connectivity index (χ0n) is 14.5. The molecule has 7 heteroatoms. The van der Waals surface area contributed by atoms with Crippen molar-refractivity contribution in [3.8, 4) is 0 Å². The quantitative estimate of drug-likeness (QED) is 0.340. The molecule has 1 saturated heterocycles. The van der Waals surface area contributed by atoms with E-state index in [2.05, 4.69) is 35.4 Å². The zero-order chi connectivity index (χ0) is 17.0. The Bertz CT molecular complexity index is 813. The van der Waals surface area contributed by atoms with Gasteiger partial charge in [-0.05, 0) is 0 Å². The van der Waals surface area contributed by atoms with Crippen LogP contribution >= 0.6 is 0 Å². The molecule has 126 valence electrons. The molecule has 1 aliphatic heterocycles. The molecule has 1 aliphatic rings. The third-order valence-electron chi connectivity index (χ3n) is 5.16. The average molecular weight is 429 g/mol. The number of nitrogens with zero attached hydrogens (tertiary/aromatic N) is 2. The Hall–Kier alpha value is -0.795. The number of aryl methyl sites for hydroxylation is 1. The van der Waals surface area contributed by atoms with Crippen LogP contribution in [0.25, 0.3) is 10.9 Å². The summed E-state index contributed by atoms with van der Waals surface area (Å²) in [4.78, 5) is 14.7. The molecule has 0 aliphatic carbocycles. The second-order valence-electron chi connectivity index (χ2n) is 6.72. The first-order valence-electron chi connectivity index (χ1n) is 7.80. The minimum absolute atomic E-state index is 0.0332. The number of hydrogen-bond acceptors (Lipinski definition) is 3. The molecule has 0 N–H and O–H groups in total. The Morgan fingerprint density at radius 1 is 1.30 bits per heavy atom. The molecule has 1 unspecified atom stereocenters. The van der Waals surface area contributed by atoms with Crippen molar-refractivity contribution in [3.05, 3.63) is 28.8 Å². The molecule has 0 saturated carbocycles. The number of aromatic nitrogens is 2. The van der Waals surface area contributed by atoms with Gasteiger partial charge in [0, 0.05) is 0 Å². The van der Waals surface area contributed by atoms with E-state index in [1.54, 1.807) is 11.6 Å². The van der Waals surface area contributed by atoms with E-state index in [4.69, 9.17) is 9.31 Å². The summed E-state index contributed by atoms with van der Waals surface area (Å²) in [5.41, 5.74) is 0.997. The summed E-state index contributed by atoms with van der Waals surface area (Å²) in [7, 11) is 1.34. The molecular weight excluding hydrogens is 406 g/mol. The van der Waals surface area contributed by atoms with Crippen LogP contribution in [0, 0.1) is 0 Å². The molecule has 1 atom stereocenters. The molecular formula is C16H23BIN2O3-. The molecule has 23 heavy (non-hydrogen) atoms. The van der Waals surface area contributed by atoms with Gasteiger partial charge < -0.3 is 0 Å². The third kappa shape index (κ3) is 2.48. The van der Waals surface area contributed by atoms with Gasteiger partial charge in [-0.1, -0.05) is 0 Å². The maximum atomic E-state index is 12.5. The van der Waals surface area contributed by atoms with Crippen LogP contribution < -0.4 is 32.5 Å². The van der Waals surface area contributed by atoms with Crippen molar-refractivity contribution in [1.82, 2.24) is 7.35 Å². The second-order valence-corrected chi connectivity index (χ2v) is 8.73. The van der Waals surface area contributed by atoms with Gasteiger partial charge in [0.2, 0.25) is 0 Å². The number of pyridine rings is 1. The molecule has 0 amide bonds. The fourth-order valence-electron chi connectivity index (χ4n) is 3.11. The van der Waals surface area contributed by atoms with Crippen LogP contribution in [-0.4, -0.2) is 30.6 Å². The zero-order valence-corrected chi connectivity index (χ0v) is 16.7. The monoisotopic (exact) mass is 429 g/mol. The van der Waals surface area contributed by atoms with Gasteiger partial charge in [-0.15, -0.1) is 0 Å². The van der Waals surface area contributed by atoms with E-state index in [0.717, 1.165) is 22.8 Å². The van der Waals surface area contributed by atoms with E-state index in [-0.39, 0.29) is 38.2 Å². The first-order valence-corrected chi connectivity index (χ1v) is 10.9. The van der Waals surface area contributed by atoms with Gasteiger partial charge >= 0.3 is 148 Å². The molecule has 2 aromatic heterocycles. The molecule has 0 radical (unpaired) electrons. The summed E-state index contributed by atoms with van der Waals surface area (Å²) in [6.07, 6.45) is 4.72. The Labute approximate surface area is 147 Å². The van der Waals surface area contributed by atoms with Gasteiger partial charge in [0.1, 0.15) is 0 Å². The predicted molar refractivity (Wildman–Crippen MR) is 88.8 cm³/mol. The van der Waals surface area contributed by atoms with Gasteiger partial charge in [0.05, 0.1) is 0 Å². The summed E-state index contributed by atoms with van der Waals surface area (Å²) in [5.74, 6) is 0. The van der Waals surface area contributed by atoms with Crippen molar-refractivity contribution in [2.75, 3.05) is 4.93 Å². The number of alkyl halides is 1. The van der Waals surface area contributed by atoms with Crippen LogP contribution in [0.4, 0.5) is 0 Å². The average Bonchev–Trinajstić information content (AvgIpc) is 3.03. The first kappa shape index (κ1) is 17.0. The molecule has 3 rings (SSSR count). The van der Waals surface area contributed by atoms with E-state index < -0.39 is 7.12 Å². The topological polar surface area (TPSA) is 45.4 Å². The maximum absolute atomic E-state index is 12.5. The predicted octanol–water partition coefficient (Wildman–Crippen LogP) is -1.49. The van der Waals surface area contributed by atoms with E-state index in [0.29, 0.717) is 0 Å². The number of halogens is 1. The summed E-state index contributed by atoms with van der Waals surface area (Å²) >= 11 is -0.231. The van der Waals surface area contributed by atoms with E-state index in [1.807, 2.05) is 18.5 Å². The molecule has 1 fully saturated rings. The molecule has 0 aromatic carbocycles. The van der Waals surface area contributed by atoms with Crippen LogP contribution in [0.1, 0.15) is 34.1 Å². The van der Waals surface area contributed by atoms with Gasteiger partial charge in [-0.25, -0.2) is 0 Å². The minimum atomic E-state index is -0.449. The second kappa shape index (κ2) is 5.63. The fourth-order valence-corrected chi connectivity index (χ4v) is 4.54. The Morgan fingerprint density at radius 2 is 2.00 bits per heavy atom. The van der Waals surface area contributed by atoms with E-state index in [9.17, 15) is 4.79 Å². The number of hydrogen-bond donors (Lipinski definition) is 0. The molecule has 2 aromatic rings. The molecule has 3 heterocycles. The van der Waals surface area contributed by atoms with Crippen LogP contribution in [0.15, 0.2) is 23.3 Å². The van der Waals surface area contributed by atoms with Crippen LogP contribution in [0.2, 0.25) is 0 Å². The Kier molecular flexibility index (Phi) is 4.17. The summed E-state index contributed by atoms with van der Waals surface area (Å²) < 4.78 is 16.3. The summed E-state index contributed by atoms with van der Waals surface area (Å²) in [6, 6.07) is 2.01. The van der Waals surface area contributed by atoms with Crippen molar-refractivity contribution in [2.45, 2.75) is 45.3 Å². The van der Waals surface area contributed by atoms with Crippen LogP contribution in [0.5, 0.6) is 0 Å². The molecule has 5 nitrogen and oxygen atoms in total. The summed E-state index contributed by atoms with van der Waals surface area (Å²) in [5, 5.41) is 0.941. The summed E-state index contributed by atoms with van der Waals surface area (Å²) in [6.45, 7) is 8.34. The van der Waals surface area contributed by atoms with Crippen molar-refractivity contribution < 1.29 is 30.8 Å². The van der Waals surface area contributed by atoms with Crippen LogP contribution in [-0.2, 0) is 16.4 Å². The molecule has 0 bridgehead atoms. The van der Waals surface area contributed by atoms with E-state index in [1.165, 1.54) is 0 Å². The standard InChI is InChI=1S/C16H23BIN2O3/c1-7-16(4)15(2,3)22-17(23-16)12-10-19(6)14(21)13-11(12)8-9-20(13)18-5/h8-10H,7H2,1-6H3/q-1. The van der Waals surface area contributed by atoms with Gasteiger partial charge in [-0.2, -0.15) is 0 Å². The number of fused-ring (bicyclic) bond motifs is 1. The molecule has 0 spiro atoms. The van der Waals surface area contributed by atoms with Crippen molar-refractivity contribution in [2.24, 2.45) is 7.05 Å². The van der Waals surface area contributed by atoms with Gasteiger partial charge in [-0.3, -0.25) is 0 Å². The van der Waals surface area contributed by atoms with E-state index >= 15 is 0 Å². The first-order chi connectivity index (χ1) is 10.7. The SMILES string of the molecule is CCC1(C)OB(c2cn(C)c(=O)c3c2ccn3[I-]C)OC1(C)C. The third-order valence-corrected chi connectivity index (χ3v) is 7.00. The fraction of sp³-hybridized carbons (Fsp3) is 0.562. The normalized spacial score (nSPS) is 24.0. The van der Waals surface area contributed by atoms with Crippen molar-refractivity contribution in [3.63, 3.8) is 0 Å². The van der Waals surface area contributed by atoms with Gasteiger partial charge in [0.15, 0.2) is 0 Å². The Morgan fingerprint density at radius 3 is 2.57 bits per heavy atom. The Balaban J connectivity index is 2.17. The van der Waals surface area contributed by atoms with Crippen molar-refractivity contribution >= 4 is 23.5 Å². The van der Waals surface area contributed by atoms with Gasteiger partial charge in [0.25, 0.3) is 0 Å². The number of rotatable bonds is 3.